The number of hydrogen-bond acceptors (Lipinski definition) is 11. The van der Waals surface area contributed by atoms with Crippen molar-refractivity contribution in [2.45, 2.75) is 161 Å². The summed E-state index contributed by atoms with van der Waals surface area (Å²) in [6.07, 6.45) is 31.0. The molecule has 0 heterocycles. The van der Waals surface area contributed by atoms with E-state index in [2.05, 4.69) is 30.5 Å². The number of phosphoric acid groups is 1. The SMILES string of the molecule is CCCCCC/C=C\CCCCCCCC(=O)O[C@H](COC(=O)CCC/C=C\C[C@H]1C=CC(=O)[C@@H]1/C=C/[C@@H](O)CCCCC)COP(=O)(O)OC[C@H](N)C(=O)O. The van der Waals surface area contributed by atoms with E-state index in [-0.39, 0.29) is 30.5 Å². The summed E-state index contributed by atoms with van der Waals surface area (Å²) in [6.45, 7) is 2.45. The molecule has 0 fully saturated rings. The molecular formula is C42H70NO12P. The van der Waals surface area contributed by atoms with E-state index in [1.165, 1.54) is 25.7 Å². The molecule has 1 aliphatic rings. The van der Waals surface area contributed by atoms with Crippen LogP contribution in [0.4, 0.5) is 0 Å². The summed E-state index contributed by atoms with van der Waals surface area (Å²) in [7, 11) is -4.77. The van der Waals surface area contributed by atoms with Gasteiger partial charge in [-0.3, -0.25) is 28.2 Å². The first kappa shape index (κ1) is 51.1. The van der Waals surface area contributed by atoms with Crippen LogP contribution in [0.2, 0.25) is 0 Å². The molecule has 0 saturated heterocycles. The van der Waals surface area contributed by atoms with E-state index in [1.807, 2.05) is 24.3 Å². The average Bonchev–Trinajstić information content (AvgIpc) is 3.52. The number of esters is 2. The molecule has 14 heteroatoms. The summed E-state index contributed by atoms with van der Waals surface area (Å²) in [4.78, 5) is 58.4. The number of nitrogens with two attached hydrogens (primary N) is 1. The number of carbonyl (C=O) groups is 4. The predicted molar refractivity (Wildman–Crippen MR) is 216 cm³/mol. The Morgan fingerprint density at radius 3 is 2.09 bits per heavy atom. The van der Waals surface area contributed by atoms with Gasteiger partial charge in [-0.25, -0.2) is 4.57 Å². The molecule has 320 valence electrons. The van der Waals surface area contributed by atoms with Crippen LogP contribution in [-0.2, 0) is 42.3 Å². The predicted octanol–water partition coefficient (Wildman–Crippen LogP) is 8.23. The van der Waals surface area contributed by atoms with E-state index in [9.17, 15) is 33.7 Å². The van der Waals surface area contributed by atoms with E-state index >= 15 is 0 Å². The molecule has 0 aromatic rings. The number of ether oxygens (including phenoxy) is 2. The maximum atomic E-state index is 12.6. The largest absolute Gasteiger partial charge is 0.480 e. The first-order valence-electron chi connectivity index (χ1n) is 20.7. The van der Waals surface area contributed by atoms with E-state index in [0.717, 1.165) is 57.8 Å². The Morgan fingerprint density at radius 2 is 1.39 bits per heavy atom. The summed E-state index contributed by atoms with van der Waals surface area (Å²) >= 11 is 0. The molecule has 56 heavy (non-hydrogen) atoms. The molecule has 5 N–H and O–H groups in total. The van der Waals surface area contributed by atoms with Crippen LogP contribution in [-0.4, -0.2) is 76.9 Å². The lowest BCUT2D eigenvalue weighted by molar-refractivity contribution is -0.161. The zero-order valence-corrected chi connectivity index (χ0v) is 34.7. The van der Waals surface area contributed by atoms with Gasteiger partial charge in [-0.15, -0.1) is 0 Å². The number of rotatable bonds is 35. The number of phosphoric ester groups is 1. The smallest absolute Gasteiger partial charge is 0.472 e. The van der Waals surface area contributed by atoms with Crippen molar-refractivity contribution >= 4 is 31.5 Å². The molecule has 0 amide bonds. The van der Waals surface area contributed by atoms with Gasteiger partial charge in [-0.05, 0) is 69.8 Å². The molecule has 0 bridgehead atoms. The monoisotopic (exact) mass is 811 g/mol. The standard InChI is InChI=1S/C42H70NO12P/c1-3-5-7-8-9-10-11-12-13-14-15-16-22-26-41(47)55-36(32-53-56(50,51)54-33-38(43)42(48)49)31-52-40(46)25-21-18-17-20-23-34-27-30-39(45)37(34)29-28-35(44)24-19-6-4-2/h10-11,17,20,27-30,34-38,44H,3-9,12-16,18-19,21-26,31-33,43H2,1-2H3,(H,48,49)(H,50,51)/b11-10-,20-17-,29-28+/t34-,35-,36+,37+,38-/m0/s1. The minimum Gasteiger partial charge on any atom is -0.480 e. The van der Waals surface area contributed by atoms with Gasteiger partial charge in [0, 0.05) is 18.8 Å². The van der Waals surface area contributed by atoms with Crippen molar-refractivity contribution in [3.63, 3.8) is 0 Å². The third-order valence-corrected chi connectivity index (χ3v) is 10.2. The minimum absolute atomic E-state index is 0.000368. The molecule has 0 aromatic carbocycles. The number of aliphatic hydroxyl groups excluding tert-OH is 1. The van der Waals surface area contributed by atoms with Crippen LogP contribution in [0.3, 0.4) is 0 Å². The summed E-state index contributed by atoms with van der Waals surface area (Å²) in [5, 5.41) is 19.1. The number of aliphatic carboxylic acids is 1. The molecule has 0 saturated carbocycles. The van der Waals surface area contributed by atoms with Crippen molar-refractivity contribution < 1.29 is 57.4 Å². The van der Waals surface area contributed by atoms with Gasteiger partial charge in [0.05, 0.1) is 19.3 Å². The van der Waals surface area contributed by atoms with Gasteiger partial charge in [-0.1, -0.05) is 114 Å². The highest BCUT2D eigenvalue weighted by Gasteiger charge is 2.29. The third-order valence-electron chi connectivity index (χ3n) is 9.30. The highest BCUT2D eigenvalue weighted by atomic mass is 31.2. The number of carboxylic acid groups (broad SMARTS) is 1. The fourth-order valence-corrected chi connectivity index (χ4v) is 6.65. The summed E-state index contributed by atoms with van der Waals surface area (Å²) < 4.78 is 32.6. The number of ketones is 1. The molecular weight excluding hydrogens is 741 g/mol. The fourth-order valence-electron chi connectivity index (χ4n) is 5.87. The Balaban J connectivity index is 2.50. The lowest BCUT2D eigenvalue weighted by Crippen LogP contribution is -2.34. The Labute approximate surface area is 334 Å². The highest BCUT2D eigenvalue weighted by molar-refractivity contribution is 7.47. The molecule has 0 aliphatic heterocycles. The summed E-state index contributed by atoms with van der Waals surface area (Å²) in [5.41, 5.74) is 5.32. The summed E-state index contributed by atoms with van der Waals surface area (Å²) in [5.74, 6) is -2.85. The van der Waals surface area contributed by atoms with Gasteiger partial charge in [-0.2, -0.15) is 0 Å². The van der Waals surface area contributed by atoms with Gasteiger partial charge in [0.2, 0.25) is 0 Å². The van der Waals surface area contributed by atoms with Crippen LogP contribution in [0.5, 0.6) is 0 Å². The van der Waals surface area contributed by atoms with E-state index < -0.39 is 63.8 Å². The van der Waals surface area contributed by atoms with Gasteiger partial charge >= 0.3 is 25.7 Å². The Kier molecular flexibility index (Phi) is 29.3. The first-order chi connectivity index (χ1) is 26.9. The Bertz CT molecular complexity index is 1280. The van der Waals surface area contributed by atoms with Crippen LogP contribution < -0.4 is 5.73 Å². The van der Waals surface area contributed by atoms with Crippen molar-refractivity contribution in [2.24, 2.45) is 17.6 Å². The van der Waals surface area contributed by atoms with E-state index in [4.69, 9.17) is 24.8 Å². The molecule has 0 radical (unpaired) electrons. The number of unbranched alkanes of at least 4 members (excludes halogenated alkanes) is 12. The minimum atomic E-state index is -4.77. The average molecular weight is 812 g/mol. The summed E-state index contributed by atoms with van der Waals surface area (Å²) in [6, 6.07) is -1.55. The quantitative estimate of drug-likeness (QED) is 0.0206. The van der Waals surface area contributed by atoms with E-state index in [1.54, 1.807) is 12.2 Å². The van der Waals surface area contributed by atoms with Gasteiger partial charge < -0.3 is 30.3 Å². The highest BCUT2D eigenvalue weighted by Crippen LogP contribution is 2.43. The van der Waals surface area contributed by atoms with E-state index in [0.29, 0.717) is 32.1 Å². The topological polar surface area (TPSA) is 209 Å². The van der Waals surface area contributed by atoms with Crippen molar-refractivity contribution in [3.05, 3.63) is 48.6 Å². The fraction of sp³-hybridized carbons (Fsp3) is 0.714. The molecule has 13 nitrogen and oxygen atoms in total. The number of aliphatic hydroxyl groups is 1. The van der Waals surface area contributed by atoms with Crippen molar-refractivity contribution in [3.8, 4) is 0 Å². The number of carboxylic acids is 1. The lowest BCUT2D eigenvalue weighted by atomic mass is 9.90. The first-order valence-corrected chi connectivity index (χ1v) is 22.2. The van der Waals surface area contributed by atoms with Crippen molar-refractivity contribution in [2.75, 3.05) is 19.8 Å². The molecule has 1 aliphatic carbocycles. The molecule has 1 rings (SSSR count). The Hall–Kier alpha value is -2.93. The molecule has 1 unspecified atom stereocenters. The van der Waals surface area contributed by atoms with Crippen LogP contribution in [0.1, 0.15) is 142 Å². The van der Waals surface area contributed by atoms with Crippen LogP contribution >= 0.6 is 7.82 Å². The van der Waals surface area contributed by atoms with Gasteiger partial charge in [0.15, 0.2) is 11.9 Å². The second-order valence-electron chi connectivity index (χ2n) is 14.4. The van der Waals surface area contributed by atoms with Crippen LogP contribution in [0.25, 0.3) is 0 Å². The normalized spacial score (nSPS) is 18.5. The number of allylic oxidation sites excluding steroid dienone is 7. The number of hydrogen-bond donors (Lipinski definition) is 4. The maximum Gasteiger partial charge on any atom is 0.472 e. The molecule has 6 atom stereocenters. The number of carbonyl (C=O) groups excluding carboxylic acids is 3. The Morgan fingerprint density at radius 1 is 0.804 bits per heavy atom. The molecule has 0 spiro atoms. The van der Waals surface area contributed by atoms with Crippen LogP contribution in [0.15, 0.2) is 48.6 Å². The second kappa shape index (κ2) is 32.1. The molecule has 0 aromatic heterocycles. The zero-order chi connectivity index (χ0) is 41.4. The maximum absolute atomic E-state index is 12.6. The van der Waals surface area contributed by atoms with Crippen molar-refractivity contribution in [1.29, 1.82) is 0 Å². The zero-order valence-electron chi connectivity index (χ0n) is 33.8. The lowest BCUT2D eigenvalue weighted by Gasteiger charge is -2.20. The van der Waals surface area contributed by atoms with Crippen molar-refractivity contribution in [1.82, 2.24) is 0 Å². The second-order valence-corrected chi connectivity index (χ2v) is 15.9. The van der Waals surface area contributed by atoms with Gasteiger partial charge in [0.1, 0.15) is 12.6 Å². The van der Waals surface area contributed by atoms with Gasteiger partial charge in [0.25, 0.3) is 0 Å². The third kappa shape index (κ3) is 26.8. The van der Waals surface area contributed by atoms with Crippen LogP contribution in [0, 0.1) is 11.8 Å².